The Morgan fingerprint density at radius 2 is 2.00 bits per heavy atom. The highest BCUT2D eigenvalue weighted by molar-refractivity contribution is 5.89. The largest absolute Gasteiger partial charge is 0.481 e. The van der Waals surface area contributed by atoms with E-state index < -0.39 is 32.9 Å². The van der Waals surface area contributed by atoms with Crippen molar-refractivity contribution in [3.05, 3.63) is 31.9 Å². The van der Waals surface area contributed by atoms with Gasteiger partial charge in [0.25, 0.3) is 5.54 Å². The first-order valence-corrected chi connectivity index (χ1v) is 7.17. The van der Waals surface area contributed by atoms with Gasteiger partial charge in [-0.15, -0.1) is 0 Å². The Morgan fingerprint density at radius 3 is 2.50 bits per heavy atom. The summed E-state index contributed by atoms with van der Waals surface area (Å²) in [6.45, 7) is -0.386. The molecule has 1 aliphatic carbocycles. The van der Waals surface area contributed by atoms with Crippen molar-refractivity contribution in [2.24, 2.45) is 0 Å². The maximum absolute atomic E-state index is 11.8. The summed E-state index contributed by atoms with van der Waals surface area (Å²) in [4.78, 5) is 46.0. The third kappa shape index (κ3) is 3.07. The summed E-state index contributed by atoms with van der Waals surface area (Å²) in [6, 6.07) is 0. The maximum atomic E-state index is 11.8. The smallest absolute Gasteiger partial charge is 0.333 e. The Kier molecular flexibility index (Phi) is 4.56. The van der Waals surface area contributed by atoms with Gasteiger partial charge in [-0.05, 0) is 0 Å². The second-order valence-electron chi connectivity index (χ2n) is 6.21. The molecule has 0 radical (unpaired) electrons. The number of likely N-dealkylation sites (tertiary alicyclic amines) is 1. The number of carboxylic acid groups (broad SMARTS) is 1. The molecule has 1 saturated heterocycles. The standard InChI is InChI=1S/C13H17N3O8/c1-24-11(19)9-4-12(15(20)21)6-13(5-9,16(22)23)8-14(7-12)3-2-10(17)18/h4H,2-3,5-8H2,1H3,(H,17,18)/t12-,13+/m1/s1. The van der Waals surface area contributed by atoms with E-state index in [0.29, 0.717) is 0 Å². The second-order valence-corrected chi connectivity index (χ2v) is 6.21. The van der Waals surface area contributed by atoms with Crippen molar-refractivity contribution >= 4 is 11.9 Å². The zero-order valence-electron chi connectivity index (χ0n) is 13.0. The van der Waals surface area contributed by atoms with Gasteiger partial charge in [0.15, 0.2) is 0 Å². The average Bonchev–Trinajstić information content (AvgIpc) is 2.50. The molecule has 2 bridgehead atoms. The molecule has 132 valence electrons. The molecule has 0 aromatic rings. The molecule has 24 heavy (non-hydrogen) atoms. The van der Waals surface area contributed by atoms with Gasteiger partial charge in [0, 0.05) is 28.0 Å². The number of ether oxygens (including phenoxy) is 1. The van der Waals surface area contributed by atoms with Crippen molar-refractivity contribution in [1.82, 2.24) is 4.90 Å². The molecule has 0 saturated carbocycles. The maximum Gasteiger partial charge on any atom is 0.333 e. The highest BCUT2D eigenvalue weighted by Gasteiger charge is 2.64. The molecule has 0 amide bonds. The molecule has 0 aromatic carbocycles. The summed E-state index contributed by atoms with van der Waals surface area (Å²) in [5.74, 6) is -1.92. The molecule has 1 fully saturated rings. The fourth-order valence-electron chi connectivity index (χ4n) is 3.52. The molecule has 1 N–H and O–H groups in total. The molecule has 2 aliphatic rings. The number of carbonyl (C=O) groups is 2. The van der Waals surface area contributed by atoms with Crippen molar-refractivity contribution in [1.29, 1.82) is 0 Å². The predicted octanol–water partition coefficient (Wildman–Crippen LogP) is -0.299. The molecule has 1 heterocycles. The minimum atomic E-state index is -1.81. The van der Waals surface area contributed by atoms with E-state index in [1.54, 1.807) is 0 Å². The monoisotopic (exact) mass is 343 g/mol. The van der Waals surface area contributed by atoms with Crippen LogP contribution >= 0.6 is 0 Å². The van der Waals surface area contributed by atoms with Crippen LogP contribution < -0.4 is 0 Å². The Labute approximate surface area is 136 Å². The molecule has 0 unspecified atom stereocenters. The topological polar surface area (TPSA) is 153 Å². The highest BCUT2D eigenvalue weighted by Crippen LogP contribution is 2.43. The normalized spacial score (nSPS) is 29.5. The number of rotatable bonds is 6. The van der Waals surface area contributed by atoms with E-state index >= 15 is 0 Å². The third-order valence-electron chi connectivity index (χ3n) is 4.45. The van der Waals surface area contributed by atoms with Crippen molar-refractivity contribution < 1.29 is 29.3 Å². The van der Waals surface area contributed by atoms with Gasteiger partial charge in [-0.25, -0.2) is 4.79 Å². The van der Waals surface area contributed by atoms with E-state index in [-0.39, 0.29) is 44.5 Å². The van der Waals surface area contributed by atoms with Crippen LogP contribution in [0.3, 0.4) is 0 Å². The van der Waals surface area contributed by atoms with E-state index in [1.807, 2.05) is 0 Å². The quantitative estimate of drug-likeness (QED) is 0.389. The Hall–Kier alpha value is -2.56. The summed E-state index contributed by atoms with van der Waals surface area (Å²) < 4.78 is 4.57. The molecule has 11 heteroatoms. The van der Waals surface area contributed by atoms with Crippen LogP contribution in [0, 0.1) is 20.2 Å². The van der Waals surface area contributed by atoms with Crippen LogP contribution in [0.25, 0.3) is 0 Å². The van der Waals surface area contributed by atoms with E-state index in [9.17, 15) is 29.8 Å². The van der Waals surface area contributed by atoms with Crippen LogP contribution in [0.5, 0.6) is 0 Å². The third-order valence-corrected chi connectivity index (χ3v) is 4.45. The van der Waals surface area contributed by atoms with Crippen molar-refractivity contribution in [2.75, 3.05) is 26.7 Å². The summed E-state index contributed by atoms with van der Waals surface area (Å²) >= 11 is 0. The van der Waals surface area contributed by atoms with Crippen LogP contribution in [-0.2, 0) is 14.3 Å². The molecule has 11 nitrogen and oxygen atoms in total. The number of fused-ring (bicyclic) bond motifs is 2. The number of carbonyl (C=O) groups excluding carboxylic acids is 1. The highest BCUT2D eigenvalue weighted by atomic mass is 16.6. The number of hydrogen-bond donors (Lipinski definition) is 1. The summed E-state index contributed by atoms with van der Waals surface area (Å²) in [5, 5.41) is 32.1. The number of aliphatic carboxylic acids is 1. The lowest BCUT2D eigenvalue weighted by atomic mass is 9.69. The van der Waals surface area contributed by atoms with Crippen LogP contribution in [-0.4, -0.2) is 69.6 Å². The lowest BCUT2D eigenvalue weighted by molar-refractivity contribution is -0.619. The predicted molar refractivity (Wildman–Crippen MR) is 77.5 cm³/mol. The number of piperidine rings is 1. The van der Waals surface area contributed by atoms with Crippen molar-refractivity contribution in [3.63, 3.8) is 0 Å². The molecule has 2 rings (SSSR count). The van der Waals surface area contributed by atoms with Crippen molar-refractivity contribution in [3.8, 4) is 0 Å². The summed E-state index contributed by atoms with van der Waals surface area (Å²) in [6.07, 6.45) is 0.221. The Morgan fingerprint density at radius 1 is 1.33 bits per heavy atom. The van der Waals surface area contributed by atoms with E-state index in [0.717, 1.165) is 13.2 Å². The first-order valence-electron chi connectivity index (χ1n) is 7.17. The number of esters is 1. The van der Waals surface area contributed by atoms with Gasteiger partial charge in [0.1, 0.15) is 0 Å². The van der Waals surface area contributed by atoms with Crippen LogP contribution in [0.4, 0.5) is 0 Å². The van der Waals surface area contributed by atoms with Gasteiger partial charge in [0.2, 0.25) is 5.54 Å². The number of methoxy groups -OCH3 is 1. The SMILES string of the molecule is COC(=O)C1=C[C@]2([N+](=O)[O-])CN(CCC(=O)O)C[C@]([N+](=O)[O-])(C1)C2. The number of carboxylic acids is 1. The molecule has 0 spiro atoms. The summed E-state index contributed by atoms with van der Waals surface area (Å²) in [5.41, 5.74) is -3.62. The average molecular weight is 343 g/mol. The Bertz CT molecular complexity index is 633. The lowest BCUT2D eigenvalue weighted by Gasteiger charge is -2.44. The van der Waals surface area contributed by atoms with Gasteiger partial charge < -0.3 is 9.84 Å². The first-order chi connectivity index (χ1) is 11.1. The molecular formula is C13H17N3O8. The minimum Gasteiger partial charge on any atom is -0.481 e. The zero-order chi connectivity index (χ0) is 18.1. The first kappa shape index (κ1) is 17.8. The van der Waals surface area contributed by atoms with E-state index in [4.69, 9.17) is 5.11 Å². The van der Waals surface area contributed by atoms with Gasteiger partial charge in [0.05, 0.1) is 39.5 Å². The fraction of sp³-hybridized carbons (Fsp3) is 0.692. The minimum absolute atomic E-state index is 0.0398. The van der Waals surface area contributed by atoms with Gasteiger partial charge in [-0.1, -0.05) is 0 Å². The van der Waals surface area contributed by atoms with Gasteiger partial charge in [-0.2, -0.15) is 0 Å². The number of nitrogens with zero attached hydrogens (tertiary/aromatic N) is 3. The molecule has 1 aliphatic heterocycles. The summed E-state index contributed by atoms with van der Waals surface area (Å²) in [7, 11) is 1.10. The molecule has 0 aromatic heterocycles. The molecule has 2 atom stereocenters. The van der Waals surface area contributed by atoms with Crippen LogP contribution in [0.2, 0.25) is 0 Å². The number of nitro groups is 2. The Balaban J connectivity index is 2.46. The fourth-order valence-corrected chi connectivity index (χ4v) is 3.52. The van der Waals surface area contributed by atoms with Gasteiger partial charge >= 0.3 is 11.9 Å². The molecular weight excluding hydrogens is 326 g/mol. The lowest BCUT2D eigenvalue weighted by Crippen LogP contribution is -2.67. The van der Waals surface area contributed by atoms with Gasteiger partial charge in [-0.3, -0.25) is 29.9 Å². The van der Waals surface area contributed by atoms with Crippen LogP contribution in [0.15, 0.2) is 11.6 Å². The number of hydrogen-bond acceptors (Lipinski definition) is 8. The van der Waals surface area contributed by atoms with Crippen LogP contribution in [0.1, 0.15) is 19.3 Å². The van der Waals surface area contributed by atoms with E-state index in [2.05, 4.69) is 4.74 Å². The van der Waals surface area contributed by atoms with E-state index in [1.165, 1.54) is 4.90 Å². The zero-order valence-corrected chi connectivity index (χ0v) is 13.0. The van der Waals surface area contributed by atoms with Crippen molar-refractivity contribution in [2.45, 2.75) is 30.3 Å². The second kappa shape index (κ2) is 6.15.